The van der Waals surface area contributed by atoms with Crippen LogP contribution in [0.15, 0.2) is 170 Å². The summed E-state index contributed by atoms with van der Waals surface area (Å²) in [5, 5.41) is 3.44. The van der Waals surface area contributed by atoms with Crippen LogP contribution in [0.5, 0.6) is 0 Å². The monoisotopic (exact) mass is 676 g/mol. The van der Waals surface area contributed by atoms with E-state index in [1.165, 1.54) is 0 Å². The maximum absolute atomic E-state index is 5.31. The summed E-state index contributed by atoms with van der Waals surface area (Å²) in [4.78, 5) is 21.2. The largest absolute Gasteiger partial charge is 0.657 e. The van der Waals surface area contributed by atoms with E-state index in [9.17, 15) is 0 Å². The Bertz CT molecular complexity index is 2280. The van der Waals surface area contributed by atoms with E-state index in [2.05, 4.69) is 146 Å². The number of hydrogen-bond donors (Lipinski definition) is 0. The molecule has 0 N–H and O–H groups in total. The van der Waals surface area contributed by atoms with Crippen molar-refractivity contribution in [1.82, 2.24) is 19.9 Å². The minimum atomic E-state index is 0. The van der Waals surface area contributed by atoms with Gasteiger partial charge in [0.1, 0.15) is 0 Å². The van der Waals surface area contributed by atoms with Crippen LogP contribution in [-0.4, -0.2) is 0 Å². The first-order valence-electron chi connectivity index (χ1n) is 16.1. The summed E-state index contributed by atoms with van der Waals surface area (Å²) in [7, 11) is 0. The van der Waals surface area contributed by atoms with Gasteiger partial charge in [-0.2, -0.15) is 0 Å². The molecular weight excluding hydrogens is 650 g/mol. The zero-order chi connectivity index (χ0) is 31.9. The molecule has 5 heterocycles. The first kappa shape index (κ1) is 30.4. The van der Waals surface area contributed by atoms with Gasteiger partial charge in [-0.3, -0.25) is 0 Å². The summed E-state index contributed by atoms with van der Waals surface area (Å²) >= 11 is 0. The topological polar surface area (TPSA) is 56.4 Å². The summed E-state index contributed by atoms with van der Waals surface area (Å²) in [6.45, 7) is 0. The number of aromatic nitrogens is 4. The third-order valence-electron chi connectivity index (χ3n) is 8.86. The molecule has 4 nitrogen and oxygen atoms in total. The van der Waals surface area contributed by atoms with E-state index < -0.39 is 0 Å². The van der Waals surface area contributed by atoms with Crippen molar-refractivity contribution in [2.45, 2.75) is 0 Å². The Kier molecular flexibility index (Phi) is 8.05. The summed E-state index contributed by atoms with van der Waals surface area (Å²) in [5.74, 6) is 0. The second-order valence-electron chi connectivity index (χ2n) is 11.8. The molecule has 49 heavy (non-hydrogen) atoms. The van der Waals surface area contributed by atoms with Crippen LogP contribution in [0.25, 0.3) is 22.3 Å². The van der Waals surface area contributed by atoms with E-state index in [0.717, 1.165) is 88.7 Å². The Morgan fingerprint density at radius 2 is 0.449 bits per heavy atom. The molecule has 0 aliphatic carbocycles. The van der Waals surface area contributed by atoms with Gasteiger partial charge in [-0.1, -0.05) is 170 Å². The van der Waals surface area contributed by atoms with E-state index in [1.807, 2.05) is 24.3 Å². The molecular formula is C44H28N4Zn-4. The van der Waals surface area contributed by atoms with Gasteiger partial charge in [-0.05, 0) is 44.5 Å². The van der Waals surface area contributed by atoms with Crippen molar-refractivity contribution in [3.63, 3.8) is 0 Å². The molecule has 5 heteroatoms. The molecule has 0 fully saturated rings. The third-order valence-corrected chi connectivity index (χ3v) is 8.86. The van der Waals surface area contributed by atoms with Crippen LogP contribution in [0.1, 0.15) is 45.0 Å². The zero-order valence-corrected chi connectivity index (χ0v) is 29.6. The van der Waals surface area contributed by atoms with E-state index >= 15 is 0 Å². The molecule has 0 amide bonds. The molecule has 8 bridgehead atoms. The Labute approximate surface area is 296 Å². The number of fused-ring (bicyclic) bond motifs is 8. The van der Waals surface area contributed by atoms with Crippen molar-refractivity contribution < 1.29 is 19.5 Å². The maximum Gasteiger partial charge on any atom is 0 e. The molecule has 9 rings (SSSR count). The van der Waals surface area contributed by atoms with Crippen LogP contribution in [0.3, 0.4) is 0 Å². The molecule has 4 aromatic carbocycles. The number of nitrogens with zero attached hydrogens (tertiary/aromatic N) is 4. The summed E-state index contributed by atoms with van der Waals surface area (Å²) in [6, 6.07) is 58.4. The van der Waals surface area contributed by atoms with Crippen LogP contribution in [0, 0.1) is 0 Å². The SMILES string of the molecule is [Zn].c1ccc(/C2=c3\cc/c([n-]3)=C(\c3ccccc3)c3ccc([n-]3)/C(c3ccccc3)=c3/cc/c([n-]3)=C(\c3ccccc3)c3ccc2[n-]3)cc1. The second kappa shape index (κ2) is 13.0. The minimum Gasteiger partial charge on any atom is -0.657 e. The second-order valence-corrected chi connectivity index (χ2v) is 11.8. The Morgan fingerprint density at radius 3 is 0.673 bits per heavy atom. The van der Waals surface area contributed by atoms with Crippen molar-refractivity contribution in [2.24, 2.45) is 0 Å². The van der Waals surface area contributed by atoms with Crippen molar-refractivity contribution in [3.8, 4) is 0 Å². The average molecular weight is 678 g/mol. The van der Waals surface area contributed by atoms with Crippen LogP contribution in [0.2, 0.25) is 0 Å². The van der Waals surface area contributed by atoms with Gasteiger partial charge in [-0.15, -0.1) is 44.2 Å². The molecule has 1 aliphatic rings. The minimum absolute atomic E-state index is 0. The Balaban J connectivity index is 0.00000348. The van der Waals surface area contributed by atoms with Gasteiger partial charge >= 0.3 is 0 Å². The average Bonchev–Trinajstić information content (AvgIpc) is 3.98. The van der Waals surface area contributed by atoms with Gasteiger partial charge < -0.3 is 19.9 Å². The fourth-order valence-electron chi connectivity index (χ4n) is 6.69. The van der Waals surface area contributed by atoms with Crippen molar-refractivity contribution in [2.75, 3.05) is 0 Å². The predicted octanol–water partition coefficient (Wildman–Crippen LogP) is 4.82. The molecule has 4 aromatic heterocycles. The van der Waals surface area contributed by atoms with Crippen LogP contribution in [0.4, 0.5) is 0 Å². The standard InChI is InChI=1S/C44H28N4.Zn/c1-5-13-29(14-6-1)41-33-21-23-35(45-33)42(30-15-7-2-8-16-30)37-25-27-39(47-37)44(32-19-11-4-12-20-32)40-28-26-38(48-40)43(31-17-9-3-10-18-31)36-24-22-34(41)46-36;/h1-28H;/q-4;/b41-33-,41-34?,42-35-,42-37?,43-36?,43-38-,44-39?,44-40-;. The maximum atomic E-state index is 5.31. The van der Waals surface area contributed by atoms with Crippen molar-refractivity contribution in [1.29, 1.82) is 0 Å². The van der Waals surface area contributed by atoms with Gasteiger partial charge in [-0.25, -0.2) is 0 Å². The fourth-order valence-corrected chi connectivity index (χ4v) is 6.69. The van der Waals surface area contributed by atoms with Gasteiger partial charge in [0, 0.05) is 19.5 Å². The number of rotatable bonds is 4. The van der Waals surface area contributed by atoms with E-state index in [1.54, 1.807) is 0 Å². The smallest absolute Gasteiger partial charge is 0 e. The zero-order valence-electron chi connectivity index (χ0n) is 26.7. The molecule has 0 atom stereocenters. The third kappa shape index (κ3) is 5.59. The van der Waals surface area contributed by atoms with Gasteiger partial charge in [0.2, 0.25) is 0 Å². The molecule has 0 radical (unpaired) electrons. The molecule has 0 saturated carbocycles. The van der Waals surface area contributed by atoms with Gasteiger partial charge in [0.05, 0.1) is 0 Å². The first-order chi connectivity index (χ1) is 23.8. The molecule has 1 aliphatic heterocycles. The Morgan fingerprint density at radius 1 is 0.224 bits per heavy atom. The van der Waals surface area contributed by atoms with E-state index in [0.29, 0.717) is 0 Å². The fraction of sp³-hybridized carbons (Fsp3) is 0. The molecule has 0 unspecified atom stereocenters. The first-order valence-corrected chi connectivity index (χ1v) is 16.1. The number of hydrogen-bond acceptors (Lipinski definition) is 0. The summed E-state index contributed by atoms with van der Waals surface area (Å²) in [6.07, 6.45) is 0. The van der Waals surface area contributed by atoms with Gasteiger partial charge in [0.15, 0.2) is 0 Å². The predicted molar refractivity (Wildman–Crippen MR) is 190 cm³/mol. The summed E-state index contributed by atoms with van der Waals surface area (Å²) < 4.78 is 0. The quantitative estimate of drug-likeness (QED) is 0.251. The van der Waals surface area contributed by atoms with Crippen LogP contribution >= 0.6 is 0 Å². The molecule has 0 spiro atoms. The van der Waals surface area contributed by atoms with Crippen molar-refractivity contribution in [3.05, 3.63) is 236 Å². The summed E-state index contributed by atoms with van der Waals surface area (Å²) in [5.41, 5.74) is 11.6. The van der Waals surface area contributed by atoms with E-state index in [-0.39, 0.29) is 19.5 Å². The molecule has 230 valence electrons. The molecule has 0 saturated heterocycles. The number of benzene rings is 4. The molecule has 8 aromatic rings. The van der Waals surface area contributed by atoms with E-state index in [4.69, 9.17) is 19.9 Å². The normalized spacial score (nSPS) is 17.0. The Hall–Kier alpha value is -5.90. The van der Waals surface area contributed by atoms with Crippen LogP contribution in [-0.2, 0) is 19.5 Å². The van der Waals surface area contributed by atoms with Crippen LogP contribution < -0.4 is 41.3 Å². The van der Waals surface area contributed by atoms with Crippen molar-refractivity contribution >= 4 is 22.3 Å². The van der Waals surface area contributed by atoms with Gasteiger partial charge in [0.25, 0.3) is 0 Å².